The smallest absolute Gasteiger partial charge is 0.254 e. The number of nitrogens with zero attached hydrogens (tertiary/aromatic N) is 3. The van der Waals surface area contributed by atoms with Crippen molar-refractivity contribution in [2.45, 2.75) is 31.2 Å². The summed E-state index contributed by atoms with van der Waals surface area (Å²) >= 11 is 0. The molecule has 1 fully saturated rings. The summed E-state index contributed by atoms with van der Waals surface area (Å²) < 4.78 is 0. The number of H-pyrrole nitrogens is 2. The van der Waals surface area contributed by atoms with Crippen LogP contribution in [0.5, 0.6) is 0 Å². The molecule has 5 rings (SSSR count). The first-order valence-electron chi connectivity index (χ1n) is 8.06. The first-order chi connectivity index (χ1) is 11.3. The Balaban J connectivity index is 1.46. The minimum atomic E-state index is 0.118. The van der Waals surface area contributed by atoms with Gasteiger partial charge in [-0.15, -0.1) is 0 Å². The van der Waals surface area contributed by atoms with Gasteiger partial charge in [0.25, 0.3) is 5.91 Å². The zero-order chi connectivity index (χ0) is 15.4. The minimum absolute atomic E-state index is 0.118. The predicted octanol–water partition coefficient (Wildman–Crippen LogP) is 2.23. The van der Waals surface area contributed by atoms with Gasteiger partial charge in [0.15, 0.2) is 0 Å². The molecule has 2 N–H and O–H groups in total. The largest absolute Gasteiger partial charge is 0.348 e. The summed E-state index contributed by atoms with van der Waals surface area (Å²) in [6.45, 7) is 0.807. The number of aromatic amines is 2. The molecular weight excluding hydrogens is 290 g/mol. The zero-order valence-corrected chi connectivity index (χ0v) is 12.6. The molecule has 1 aliphatic heterocycles. The lowest BCUT2D eigenvalue weighted by Gasteiger charge is -2.42. The number of benzene rings is 1. The molecule has 1 amide bonds. The maximum absolute atomic E-state index is 13.0. The Morgan fingerprint density at radius 3 is 3.09 bits per heavy atom. The van der Waals surface area contributed by atoms with Crippen LogP contribution in [0.2, 0.25) is 0 Å². The van der Waals surface area contributed by atoms with Crippen LogP contribution in [0.4, 0.5) is 0 Å². The van der Waals surface area contributed by atoms with Gasteiger partial charge in [-0.3, -0.25) is 4.79 Å². The van der Waals surface area contributed by atoms with Crippen LogP contribution in [-0.2, 0) is 6.42 Å². The number of piperidine rings is 1. The van der Waals surface area contributed by atoms with Crippen LogP contribution in [0.25, 0.3) is 11.0 Å². The summed E-state index contributed by atoms with van der Waals surface area (Å²) in [4.78, 5) is 30.0. The van der Waals surface area contributed by atoms with Crippen molar-refractivity contribution < 1.29 is 4.79 Å². The molecule has 3 heterocycles. The molecule has 1 saturated heterocycles. The van der Waals surface area contributed by atoms with E-state index >= 15 is 0 Å². The van der Waals surface area contributed by atoms with E-state index in [1.807, 2.05) is 23.1 Å². The number of carbonyl (C=O) groups excluding carboxylic acids is 1. The van der Waals surface area contributed by atoms with Gasteiger partial charge in [0.05, 0.1) is 29.4 Å². The third-order valence-electron chi connectivity index (χ3n) is 5.22. The van der Waals surface area contributed by atoms with Crippen molar-refractivity contribution in [1.29, 1.82) is 0 Å². The lowest BCUT2D eigenvalue weighted by molar-refractivity contribution is 0.0571. The van der Waals surface area contributed by atoms with Crippen molar-refractivity contribution in [3.8, 4) is 0 Å². The summed E-state index contributed by atoms with van der Waals surface area (Å²) in [5.41, 5.74) is 4.95. The van der Waals surface area contributed by atoms with E-state index in [4.69, 9.17) is 0 Å². The van der Waals surface area contributed by atoms with E-state index in [0.29, 0.717) is 5.92 Å². The van der Waals surface area contributed by atoms with E-state index in [-0.39, 0.29) is 11.9 Å². The standard InChI is InChI=1S/C17H17N5O/c23-17(11-1-2-13-14(6-11)19-8-18-13)22-4-3-10-5-12(22)7-15-16(10)21-9-20-15/h1-2,6,8-10,12H,3-5,7H2,(H,18,19)(H,20,21)/t10?,12-/m1/s1. The first-order valence-corrected chi connectivity index (χ1v) is 8.06. The first kappa shape index (κ1) is 12.9. The van der Waals surface area contributed by atoms with Gasteiger partial charge in [-0.1, -0.05) is 0 Å². The SMILES string of the molecule is O=C(c1ccc2nc[nH]c2c1)N1CCC2C[C@@H]1Cc1[nH]cnc12. The van der Waals surface area contributed by atoms with Crippen molar-refractivity contribution in [2.24, 2.45) is 0 Å². The van der Waals surface area contributed by atoms with Crippen molar-refractivity contribution in [2.75, 3.05) is 6.54 Å². The third-order valence-corrected chi connectivity index (χ3v) is 5.22. The van der Waals surface area contributed by atoms with E-state index in [0.717, 1.165) is 42.4 Å². The van der Waals surface area contributed by atoms with Crippen LogP contribution in [0.15, 0.2) is 30.9 Å². The molecule has 116 valence electrons. The third kappa shape index (κ3) is 1.91. The molecule has 0 saturated carbocycles. The Bertz CT molecular complexity index is 895. The number of nitrogens with one attached hydrogen (secondary N) is 2. The van der Waals surface area contributed by atoms with Crippen LogP contribution >= 0.6 is 0 Å². The number of fused-ring (bicyclic) bond motifs is 5. The zero-order valence-electron chi connectivity index (χ0n) is 12.6. The Hall–Kier alpha value is -2.63. The molecule has 2 aromatic heterocycles. The van der Waals surface area contributed by atoms with Crippen LogP contribution in [-0.4, -0.2) is 43.3 Å². The van der Waals surface area contributed by atoms with E-state index in [1.165, 1.54) is 11.4 Å². The van der Waals surface area contributed by atoms with Gasteiger partial charge < -0.3 is 14.9 Å². The van der Waals surface area contributed by atoms with E-state index in [2.05, 4.69) is 19.9 Å². The molecule has 6 heteroatoms. The lowest BCUT2D eigenvalue weighted by Crippen LogP contribution is -2.48. The molecule has 1 unspecified atom stereocenters. The summed E-state index contributed by atoms with van der Waals surface area (Å²) in [5, 5.41) is 0. The van der Waals surface area contributed by atoms with Crippen LogP contribution in [0.1, 0.15) is 40.5 Å². The Labute approximate surface area is 132 Å². The number of aromatic nitrogens is 4. The number of amides is 1. The molecule has 2 aliphatic rings. The fourth-order valence-electron chi connectivity index (χ4n) is 4.08. The summed E-state index contributed by atoms with van der Waals surface area (Å²) in [6.07, 6.45) is 6.33. The number of imidazole rings is 2. The van der Waals surface area contributed by atoms with Gasteiger partial charge in [-0.2, -0.15) is 0 Å². The summed E-state index contributed by atoms with van der Waals surface area (Å²) in [6, 6.07) is 5.95. The normalized spacial score (nSPS) is 23.0. The molecule has 1 aromatic carbocycles. The lowest BCUT2D eigenvalue weighted by atomic mass is 9.80. The van der Waals surface area contributed by atoms with Crippen molar-refractivity contribution in [3.05, 3.63) is 47.8 Å². The average molecular weight is 307 g/mol. The summed E-state index contributed by atoms with van der Waals surface area (Å²) in [7, 11) is 0. The van der Waals surface area contributed by atoms with E-state index < -0.39 is 0 Å². The average Bonchev–Trinajstić information content (AvgIpc) is 3.22. The molecule has 3 aromatic rings. The number of rotatable bonds is 1. The molecular formula is C17H17N5O. The molecule has 0 spiro atoms. The van der Waals surface area contributed by atoms with E-state index in [1.54, 1.807) is 12.7 Å². The van der Waals surface area contributed by atoms with Gasteiger partial charge in [-0.05, 0) is 31.0 Å². The van der Waals surface area contributed by atoms with Crippen molar-refractivity contribution in [3.63, 3.8) is 0 Å². The van der Waals surface area contributed by atoms with Crippen molar-refractivity contribution >= 4 is 16.9 Å². The number of likely N-dealkylation sites (tertiary alicyclic amines) is 1. The number of hydrogen-bond acceptors (Lipinski definition) is 3. The second-order valence-electron chi connectivity index (χ2n) is 6.48. The molecule has 0 radical (unpaired) electrons. The molecule has 2 atom stereocenters. The number of hydrogen-bond donors (Lipinski definition) is 2. The van der Waals surface area contributed by atoms with Crippen LogP contribution in [0.3, 0.4) is 0 Å². The van der Waals surface area contributed by atoms with E-state index in [9.17, 15) is 4.79 Å². The van der Waals surface area contributed by atoms with Gasteiger partial charge >= 0.3 is 0 Å². The van der Waals surface area contributed by atoms with Gasteiger partial charge in [0, 0.05) is 36.2 Å². The van der Waals surface area contributed by atoms with Gasteiger partial charge in [-0.25, -0.2) is 9.97 Å². The second-order valence-corrected chi connectivity index (χ2v) is 6.48. The Morgan fingerprint density at radius 1 is 1.22 bits per heavy atom. The molecule has 6 nitrogen and oxygen atoms in total. The Morgan fingerprint density at radius 2 is 2.13 bits per heavy atom. The maximum atomic E-state index is 13.0. The van der Waals surface area contributed by atoms with Crippen molar-refractivity contribution in [1.82, 2.24) is 24.8 Å². The fraction of sp³-hybridized carbons (Fsp3) is 0.353. The minimum Gasteiger partial charge on any atom is -0.348 e. The summed E-state index contributed by atoms with van der Waals surface area (Å²) in [5.74, 6) is 0.613. The number of carbonyl (C=O) groups is 1. The Kier molecular flexibility index (Phi) is 2.62. The molecule has 1 aliphatic carbocycles. The van der Waals surface area contributed by atoms with Gasteiger partial charge in [0.1, 0.15) is 0 Å². The highest BCUT2D eigenvalue weighted by atomic mass is 16.2. The maximum Gasteiger partial charge on any atom is 0.254 e. The topological polar surface area (TPSA) is 77.7 Å². The highest BCUT2D eigenvalue weighted by Gasteiger charge is 2.38. The molecule has 23 heavy (non-hydrogen) atoms. The predicted molar refractivity (Wildman–Crippen MR) is 85.2 cm³/mol. The highest BCUT2D eigenvalue weighted by molar-refractivity contribution is 5.97. The molecule has 2 bridgehead atoms. The van der Waals surface area contributed by atoms with Crippen LogP contribution < -0.4 is 0 Å². The monoisotopic (exact) mass is 307 g/mol. The highest BCUT2D eigenvalue weighted by Crippen LogP contribution is 2.38. The second kappa shape index (κ2) is 4.68. The van der Waals surface area contributed by atoms with Crippen LogP contribution in [0, 0.1) is 0 Å². The quantitative estimate of drug-likeness (QED) is 0.723. The fourth-order valence-corrected chi connectivity index (χ4v) is 4.08. The van der Waals surface area contributed by atoms with Gasteiger partial charge in [0.2, 0.25) is 0 Å².